The highest BCUT2D eigenvalue weighted by Crippen LogP contribution is 2.47. The van der Waals surface area contributed by atoms with E-state index in [1.54, 1.807) is 18.3 Å². The lowest BCUT2D eigenvalue weighted by atomic mass is 10.0. The fourth-order valence-corrected chi connectivity index (χ4v) is 6.15. The second-order valence-electron chi connectivity index (χ2n) is 12.2. The first kappa shape index (κ1) is 29.3. The third kappa shape index (κ3) is 5.85. The summed E-state index contributed by atoms with van der Waals surface area (Å²) in [5.74, 6) is 0.143. The van der Waals surface area contributed by atoms with Gasteiger partial charge in [-0.05, 0) is 47.0 Å². The molecule has 0 aliphatic rings. The van der Waals surface area contributed by atoms with Crippen molar-refractivity contribution in [3.63, 3.8) is 0 Å². The Kier molecular flexibility index (Phi) is 8.01. The molecular formula is C36H35FN2O4Si. The molecule has 224 valence electrons. The molecule has 0 saturated heterocycles. The van der Waals surface area contributed by atoms with Crippen molar-refractivity contribution in [2.45, 2.75) is 38.3 Å². The summed E-state index contributed by atoms with van der Waals surface area (Å²) in [7, 11) is -1.45. The zero-order chi connectivity index (χ0) is 30.8. The lowest BCUT2D eigenvalue weighted by Gasteiger charge is -2.23. The first-order chi connectivity index (χ1) is 21.2. The predicted molar refractivity (Wildman–Crippen MR) is 176 cm³/mol. The first-order valence-electron chi connectivity index (χ1n) is 14.7. The minimum absolute atomic E-state index is 0.0499. The second kappa shape index (κ2) is 12.0. The number of pyridine rings is 1. The summed E-state index contributed by atoms with van der Waals surface area (Å²) < 4.78 is 28.3. The van der Waals surface area contributed by atoms with Crippen molar-refractivity contribution >= 4 is 29.7 Å². The van der Waals surface area contributed by atoms with Gasteiger partial charge < -0.3 is 19.6 Å². The zero-order valence-corrected chi connectivity index (χ0v) is 26.0. The number of aromatic hydroxyl groups is 1. The summed E-state index contributed by atoms with van der Waals surface area (Å²) in [6.45, 7) is 7.30. The van der Waals surface area contributed by atoms with Crippen LogP contribution in [0.25, 0.3) is 21.7 Å². The molecule has 2 aromatic heterocycles. The van der Waals surface area contributed by atoms with Crippen molar-refractivity contribution in [1.29, 1.82) is 0 Å². The summed E-state index contributed by atoms with van der Waals surface area (Å²) in [6, 6.07) is 30.2. The normalized spacial score (nSPS) is 11.8. The van der Waals surface area contributed by atoms with Crippen molar-refractivity contribution in [2.24, 2.45) is 0 Å². The van der Waals surface area contributed by atoms with Gasteiger partial charge in [-0.1, -0.05) is 92.4 Å². The average molecular weight is 607 g/mol. The first-order valence-corrected chi connectivity index (χ1v) is 18.4. The highest BCUT2D eigenvalue weighted by atomic mass is 28.3. The summed E-state index contributed by atoms with van der Waals surface area (Å²) in [6.07, 6.45) is 1.25. The number of benzene rings is 4. The number of ether oxygens (including phenoxy) is 2. The molecule has 0 atom stereocenters. The third-order valence-electron chi connectivity index (χ3n) is 7.76. The van der Waals surface area contributed by atoms with E-state index in [0.717, 1.165) is 17.2 Å². The molecule has 8 heteroatoms. The summed E-state index contributed by atoms with van der Waals surface area (Å²) in [5.41, 5.74) is 2.70. The Morgan fingerprint density at radius 2 is 1.48 bits per heavy atom. The monoisotopic (exact) mass is 606 g/mol. The number of fused-ring (bicyclic) bond motifs is 2. The van der Waals surface area contributed by atoms with Crippen molar-refractivity contribution in [1.82, 2.24) is 9.55 Å². The molecule has 6 aromatic rings. The van der Waals surface area contributed by atoms with Crippen LogP contribution < -0.4 is 15.0 Å². The fourth-order valence-electron chi connectivity index (χ4n) is 5.43. The van der Waals surface area contributed by atoms with Gasteiger partial charge in [0.1, 0.15) is 17.7 Å². The third-order valence-corrected chi connectivity index (χ3v) is 9.47. The molecule has 0 aliphatic carbocycles. The van der Waals surface area contributed by atoms with Gasteiger partial charge in [-0.3, -0.25) is 9.36 Å². The topological polar surface area (TPSA) is 76.5 Å². The molecule has 6 rings (SSSR count). The van der Waals surface area contributed by atoms with E-state index >= 15 is 0 Å². The number of aromatic nitrogens is 2. The van der Waals surface area contributed by atoms with Crippen molar-refractivity contribution in [3.05, 3.63) is 136 Å². The maximum atomic E-state index is 14.2. The smallest absolute Gasteiger partial charge is 0.265 e. The molecule has 4 aromatic carbocycles. The van der Waals surface area contributed by atoms with E-state index in [0.29, 0.717) is 34.6 Å². The van der Waals surface area contributed by atoms with E-state index in [2.05, 4.69) is 24.6 Å². The molecule has 0 radical (unpaired) electrons. The van der Waals surface area contributed by atoms with Crippen molar-refractivity contribution in [3.8, 4) is 17.4 Å². The van der Waals surface area contributed by atoms with Crippen molar-refractivity contribution in [2.75, 3.05) is 6.61 Å². The fraction of sp³-hybridized carbons (Fsp3) is 0.194. The van der Waals surface area contributed by atoms with E-state index < -0.39 is 19.7 Å². The van der Waals surface area contributed by atoms with Gasteiger partial charge in [-0.25, -0.2) is 4.39 Å². The van der Waals surface area contributed by atoms with E-state index in [-0.39, 0.29) is 29.0 Å². The van der Waals surface area contributed by atoms with E-state index in [1.807, 2.05) is 72.8 Å². The Balaban J connectivity index is 1.60. The number of H-pyrrole nitrogens is 1. The van der Waals surface area contributed by atoms with Gasteiger partial charge >= 0.3 is 0 Å². The molecule has 2 heterocycles. The van der Waals surface area contributed by atoms with Crippen LogP contribution in [-0.2, 0) is 6.54 Å². The molecule has 6 nitrogen and oxygen atoms in total. The number of nitrogens with one attached hydrogen (secondary N) is 1. The SMILES string of the molecule is C[Si](C)(C)CCOc1c2ccc[nH]c2c(OC(c2ccccc2)c2ccccc2)c2c(O)n(Cc3ccc(F)cc3)c(=O)c12. The lowest BCUT2D eigenvalue weighted by Crippen LogP contribution is -2.23. The Labute approximate surface area is 256 Å². The van der Waals surface area contributed by atoms with Gasteiger partial charge in [0.25, 0.3) is 5.56 Å². The van der Waals surface area contributed by atoms with Gasteiger partial charge in [-0.15, -0.1) is 0 Å². The molecule has 2 N–H and O–H groups in total. The van der Waals surface area contributed by atoms with Crippen LogP contribution in [0.3, 0.4) is 0 Å². The number of halogens is 1. The highest BCUT2D eigenvalue weighted by Gasteiger charge is 2.29. The Hall–Kier alpha value is -4.82. The minimum atomic E-state index is -1.45. The van der Waals surface area contributed by atoms with Crippen LogP contribution in [0.4, 0.5) is 4.39 Å². The van der Waals surface area contributed by atoms with Crippen LogP contribution in [0.15, 0.2) is 108 Å². The largest absolute Gasteiger partial charge is 0.494 e. The minimum Gasteiger partial charge on any atom is -0.494 e. The quantitative estimate of drug-likeness (QED) is 0.154. The maximum absolute atomic E-state index is 14.2. The standard InChI is InChI=1S/C36H35FN2O4Si/c1-44(2,3)22-21-42-33-28-15-10-20-38-31(28)34(43-32(25-11-6-4-7-12-25)26-13-8-5-9-14-26)30-29(33)35(40)39(36(30)41)23-24-16-18-27(37)19-17-24/h4-20,32,38,41H,21-23H2,1-3H3. The molecule has 0 unspecified atom stereocenters. The molecule has 0 aliphatic heterocycles. The number of hydrogen-bond donors (Lipinski definition) is 2. The van der Waals surface area contributed by atoms with Crippen LogP contribution in [-0.4, -0.2) is 29.3 Å². The molecule has 44 heavy (non-hydrogen) atoms. The van der Waals surface area contributed by atoms with E-state index in [9.17, 15) is 14.3 Å². The molecular weight excluding hydrogens is 571 g/mol. The zero-order valence-electron chi connectivity index (χ0n) is 25.0. The lowest BCUT2D eigenvalue weighted by molar-refractivity contribution is 0.252. The summed E-state index contributed by atoms with van der Waals surface area (Å²) in [5, 5.41) is 13.0. The molecule has 0 saturated carbocycles. The molecule has 0 amide bonds. The number of hydrogen-bond acceptors (Lipinski definition) is 4. The Morgan fingerprint density at radius 3 is 2.09 bits per heavy atom. The van der Waals surface area contributed by atoms with Crippen LogP contribution in [0, 0.1) is 5.82 Å². The maximum Gasteiger partial charge on any atom is 0.265 e. The Morgan fingerprint density at radius 1 is 0.841 bits per heavy atom. The number of nitrogens with zero attached hydrogens (tertiary/aromatic N) is 1. The molecule has 0 bridgehead atoms. The average Bonchev–Trinajstić information content (AvgIpc) is 3.26. The number of aromatic amines is 1. The summed E-state index contributed by atoms with van der Waals surface area (Å²) >= 11 is 0. The second-order valence-corrected chi connectivity index (χ2v) is 17.8. The van der Waals surface area contributed by atoms with Gasteiger partial charge in [-0.2, -0.15) is 0 Å². The predicted octanol–water partition coefficient (Wildman–Crippen LogP) is 8.26. The van der Waals surface area contributed by atoms with Crippen LogP contribution in [0.1, 0.15) is 22.8 Å². The molecule has 0 fully saturated rings. The number of rotatable bonds is 10. The van der Waals surface area contributed by atoms with Gasteiger partial charge in [0.05, 0.1) is 29.4 Å². The van der Waals surface area contributed by atoms with Gasteiger partial charge in [0.2, 0.25) is 5.88 Å². The summed E-state index contributed by atoms with van der Waals surface area (Å²) in [4.78, 5) is 17.5. The van der Waals surface area contributed by atoms with Gasteiger partial charge in [0, 0.05) is 19.7 Å². The van der Waals surface area contributed by atoms with Crippen molar-refractivity contribution < 1.29 is 19.0 Å². The van der Waals surface area contributed by atoms with Crippen LogP contribution in [0.2, 0.25) is 25.7 Å². The van der Waals surface area contributed by atoms with E-state index in [1.165, 1.54) is 16.7 Å². The van der Waals surface area contributed by atoms with Crippen LogP contribution >= 0.6 is 0 Å². The van der Waals surface area contributed by atoms with E-state index in [4.69, 9.17) is 9.47 Å². The Bertz CT molecular complexity index is 1920. The van der Waals surface area contributed by atoms with Crippen LogP contribution in [0.5, 0.6) is 17.4 Å². The molecule has 0 spiro atoms. The van der Waals surface area contributed by atoms with Gasteiger partial charge in [0.15, 0.2) is 5.75 Å². The highest BCUT2D eigenvalue weighted by molar-refractivity contribution is 6.76.